The van der Waals surface area contributed by atoms with Crippen molar-refractivity contribution in [3.63, 3.8) is 0 Å². The second-order valence-electron chi connectivity index (χ2n) is 17.2. The van der Waals surface area contributed by atoms with E-state index in [0.717, 1.165) is 66.9 Å². The molecule has 0 aliphatic rings. The second kappa shape index (κ2) is 17.1. The third-order valence-electron chi connectivity index (χ3n) is 13.1. The Morgan fingerprint density at radius 3 is 1.36 bits per heavy atom. The van der Waals surface area contributed by atoms with Crippen LogP contribution in [-0.4, -0.2) is 9.13 Å². The Hall–Kier alpha value is -10.7. The molecular weight excluding hydrogens is 902 g/mol. The summed E-state index contributed by atoms with van der Waals surface area (Å²) in [5.41, 5.74) is 9.88. The molecule has 0 fully saturated rings. The summed E-state index contributed by atoms with van der Waals surface area (Å²) in [6, 6.07) is 64.5. The van der Waals surface area contributed by atoms with Crippen molar-refractivity contribution in [2.45, 2.75) is 6.18 Å². The van der Waals surface area contributed by atoms with Crippen molar-refractivity contribution in [2.24, 2.45) is 0 Å². The van der Waals surface area contributed by atoms with Gasteiger partial charge in [-0.1, -0.05) is 60.7 Å². The molecular formula is C61H29F3N8. The van der Waals surface area contributed by atoms with Crippen LogP contribution in [0.1, 0.15) is 38.9 Å². The van der Waals surface area contributed by atoms with Crippen LogP contribution in [0.15, 0.2) is 176 Å². The molecule has 0 spiro atoms. The van der Waals surface area contributed by atoms with Crippen LogP contribution in [0.2, 0.25) is 0 Å². The Bertz CT molecular complexity index is 4350. The molecule has 0 amide bonds. The molecule has 0 unspecified atom stereocenters. The highest BCUT2D eigenvalue weighted by molar-refractivity contribution is 6.12. The summed E-state index contributed by atoms with van der Waals surface area (Å²) < 4.78 is 46.7. The van der Waals surface area contributed by atoms with Gasteiger partial charge in [0.1, 0.15) is 0 Å². The van der Waals surface area contributed by atoms with Crippen molar-refractivity contribution < 1.29 is 13.2 Å². The lowest BCUT2D eigenvalue weighted by Crippen LogP contribution is -2.06. The van der Waals surface area contributed by atoms with Gasteiger partial charge in [-0.25, -0.2) is 0 Å². The molecule has 0 aliphatic heterocycles. The smallest absolute Gasteiger partial charge is 0.309 e. The predicted octanol–water partition coefficient (Wildman–Crippen LogP) is 14.8. The molecule has 11 rings (SSSR count). The Balaban J connectivity index is 1.19. The fourth-order valence-electron chi connectivity index (χ4n) is 9.88. The number of rotatable bonds is 6. The molecule has 0 aliphatic carbocycles. The molecule has 0 radical (unpaired) electrons. The first-order chi connectivity index (χ1) is 35.0. The van der Waals surface area contributed by atoms with Gasteiger partial charge in [-0.15, -0.1) is 0 Å². The number of aromatic nitrogens is 2. The Morgan fingerprint density at radius 2 is 0.833 bits per heavy atom. The number of fused-ring (bicyclic) bond motifs is 6. The van der Waals surface area contributed by atoms with E-state index in [4.69, 9.17) is 0 Å². The van der Waals surface area contributed by atoms with E-state index in [2.05, 4.69) is 39.5 Å². The minimum atomic E-state index is -4.70. The normalized spacial score (nSPS) is 11.2. The Morgan fingerprint density at radius 1 is 0.333 bits per heavy atom. The van der Waals surface area contributed by atoms with Crippen LogP contribution in [0.25, 0.3) is 99.5 Å². The lowest BCUT2D eigenvalue weighted by Gasteiger charge is -2.20. The number of nitriles is 6. The first kappa shape index (κ1) is 43.9. The third kappa shape index (κ3) is 7.29. The van der Waals surface area contributed by atoms with Crippen LogP contribution in [0.3, 0.4) is 0 Å². The van der Waals surface area contributed by atoms with E-state index >= 15 is 0 Å². The topological polar surface area (TPSA) is 153 Å². The van der Waals surface area contributed by atoms with E-state index in [9.17, 15) is 44.7 Å². The maximum Gasteiger partial charge on any atom is 0.416 e. The van der Waals surface area contributed by atoms with Crippen LogP contribution in [0, 0.1) is 68.0 Å². The van der Waals surface area contributed by atoms with E-state index in [-0.39, 0.29) is 11.1 Å². The maximum absolute atomic E-state index is 14.2. The largest absolute Gasteiger partial charge is 0.416 e. The molecule has 2 heterocycles. The molecule has 0 bridgehead atoms. The van der Waals surface area contributed by atoms with Gasteiger partial charge in [0.05, 0.1) is 103 Å². The average molecular weight is 931 g/mol. The van der Waals surface area contributed by atoms with E-state index in [1.165, 1.54) is 12.1 Å². The molecule has 0 atom stereocenters. The van der Waals surface area contributed by atoms with Gasteiger partial charge in [0.25, 0.3) is 0 Å². The van der Waals surface area contributed by atoms with E-state index < -0.39 is 11.7 Å². The zero-order valence-corrected chi connectivity index (χ0v) is 37.5. The average Bonchev–Trinajstić information content (AvgIpc) is 3.94. The Kier molecular flexibility index (Phi) is 10.4. The molecule has 8 nitrogen and oxygen atoms in total. The lowest BCUT2D eigenvalue weighted by molar-refractivity contribution is -0.137. The highest BCUT2D eigenvalue weighted by Crippen LogP contribution is 2.45. The standard InChI is InChI=1S/C61H29F3N8/c62-61(63,64)46-12-14-48(45(26-46)35-70)49-15-13-47(71-56-7-3-1-5-50(56)54-27-41(10-17-58(54)71)43-21-37(31-66)19-38(22-43)32-67)29-52(49)53-25-36(30-65)9-16-59(53)72-57-8-4-2-6-51(57)55-28-42(11-18-60(55)72)44-23-39(33-68)20-40(24-44)34-69/h1-29H. The number of hydrogen-bond acceptors (Lipinski definition) is 6. The Labute approximate surface area is 409 Å². The zero-order chi connectivity index (χ0) is 49.8. The first-order valence-electron chi connectivity index (χ1n) is 22.3. The van der Waals surface area contributed by atoms with Crippen LogP contribution >= 0.6 is 0 Å². The summed E-state index contributed by atoms with van der Waals surface area (Å²) in [5.74, 6) is 0. The number of para-hydroxylation sites is 2. The van der Waals surface area contributed by atoms with Crippen LogP contribution < -0.4 is 0 Å². The fraction of sp³-hybridized carbons (Fsp3) is 0.0164. The number of nitrogens with zero attached hydrogens (tertiary/aromatic N) is 8. The van der Waals surface area contributed by atoms with Crippen LogP contribution in [-0.2, 0) is 6.18 Å². The van der Waals surface area contributed by atoms with Crippen molar-refractivity contribution >= 4 is 43.6 Å². The molecule has 334 valence electrons. The van der Waals surface area contributed by atoms with Crippen molar-refractivity contribution in [1.29, 1.82) is 31.6 Å². The molecule has 0 N–H and O–H groups in total. The lowest BCUT2D eigenvalue weighted by atomic mass is 9.89. The van der Waals surface area contributed by atoms with Gasteiger partial charge >= 0.3 is 6.18 Å². The predicted molar refractivity (Wildman–Crippen MR) is 270 cm³/mol. The third-order valence-corrected chi connectivity index (χ3v) is 13.1. The van der Waals surface area contributed by atoms with E-state index in [0.29, 0.717) is 67.0 Å². The first-order valence-corrected chi connectivity index (χ1v) is 22.3. The summed E-state index contributed by atoms with van der Waals surface area (Å²) in [6.07, 6.45) is -4.70. The number of alkyl halides is 3. The van der Waals surface area contributed by atoms with Gasteiger partial charge in [-0.05, 0) is 149 Å². The zero-order valence-electron chi connectivity index (χ0n) is 37.5. The molecule has 2 aromatic heterocycles. The van der Waals surface area contributed by atoms with Gasteiger partial charge < -0.3 is 9.13 Å². The summed E-state index contributed by atoms with van der Waals surface area (Å²) in [6.45, 7) is 0. The molecule has 11 heteroatoms. The maximum atomic E-state index is 14.2. The highest BCUT2D eigenvalue weighted by atomic mass is 19.4. The summed E-state index contributed by atoms with van der Waals surface area (Å²) in [5, 5.41) is 63.6. The quantitative estimate of drug-likeness (QED) is 0.162. The van der Waals surface area contributed by atoms with Gasteiger partial charge in [0.15, 0.2) is 0 Å². The number of halogens is 3. The highest BCUT2D eigenvalue weighted by Gasteiger charge is 2.32. The molecule has 9 aromatic carbocycles. The summed E-state index contributed by atoms with van der Waals surface area (Å²) in [4.78, 5) is 0. The van der Waals surface area contributed by atoms with Crippen molar-refractivity contribution in [2.75, 3.05) is 0 Å². The van der Waals surface area contributed by atoms with Gasteiger partial charge in [-0.2, -0.15) is 44.7 Å². The molecule has 72 heavy (non-hydrogen) atoms. The minimum absolute atomic E-state index is 0.189. The molecule has 11 aromatic rings. The van der Waals surface area contributed by atoms with Gasteiger partial charge in [0, 0.05) is 38.4 Å². The van der Waals surface area contributed by atoms with Crippen molar-refractivity contribution in [1.82, 2.24) is 9.13 Å². The SMILES string of the molecule is N#Cc1cc(C#N)cc(-c2ccc3c(c2)c2ccccc2n3-c2ccc(-c3ccc(C(F)(F)F)cc3C#N)c(-c3cc(C#N)ccc3-n3c4ccccc4c4cc(-c5cc(C#N)cc(C#N)c5)ccc43)c2)c1. The van der Waals surface area contributed by atoms with Crippen molar-refractivity contribution in [3.8, 4) is 92.3 Å². The summed E-state index contributed by atoms with van der Waals surface area (Å²) in [7, 11) is 0. The van der Waals surface area contributed by atoms with Gasteiger partial charge in [0.2, 0.25) is 0 Å². The van der Waals surface area contributed by atoms with Crippen molar-refractivity contribution in [3.05, 3.63) is 215 Å². The minimum Gasteiger partial charge on any atom is -0.309 e. The number of hydrogen-bond donors (Lipinski definition) is 0. The fourth-order valence-corrected chi connectivity index (χ4v) is 9.88. The van der Waals surface area contributed by atoms with Gasteiger partial charge in [-0.3, -0.25) is 0 Å². The second-order valence-corrected chi connectivity index (χ2v) is 17.2. The monoisotopic (exact) mass is 930 g/mol. The number of benzene rings is 9. The van der Waals surface area contributed by atoms with Crippen LogP contribution in [0.5, 0.6) is 0 Å². The molecule has 0 saturated carbocycles. The van der Waals surface area contributed by atoms with E-state index in [1.807, 2.05) is 109 Å². The molecule has 0 saturated heterocycles. The summed E-state index contributed by atoms with van der Waals surface area (Å²) >= 11 is 0. The van der Waals surface area contributed by atoms with E-state index in [1.54, 1.807) is 48.5 Å². The van der Waals surface area contributed by atoms with Crippen LogP contribution in [0.4, 0.5) is 13.2 Å².